The lowest BCUT2D eigenvalue weighted by Gasteiger charge is -1.64. The lowest BCUT2D eigenvalue weighted by atomic mass is 10.8. The van der Waals surface area contributed by atoms with E-state index in [1.54, 1.807) is 5.41 Å². The molecule has 0 fully saturated rings. The molecule has 0 N–H and O–H groups in total. The van der Waals surface area contributed by atoms with Crippen LogP contribution in [0.3, 0.4) is 0 Å². The highest BCUT2D eigenvalue weighted by Crippen LogP contribution is 1.77. The number of rotatable bonds is 1. The molecular weight excluding hydrogens is 100 g/mol. The zero-order valence-electron chi connectivity index (χ0n) is 2.76. The lowest BCUT2D eigenvalue weighted by Crippen LogP contribution is -1.49. The summed E-state index contributed by atoms with van der Waals surface area (Å²) in [4.78, 5) is 0. The van der Waals surface area contributed by atoms with Crippen LogP contribution in [0.1, 0.15) is 0 Å². The molecule has 0 aromatic rings. The van der Waals surface area contributed by atoms with Crippen LogP contribution in [0, 0.1) is 0 Å². The van der Waals surface area contributed by atoms with Crippen LogP contribution in [0.25, 0.3) is 0 Å². The molecule has 0 nitrogen and oxygen atoms in total. The van der Waals surface area contributed by atoms with E-state index in [4.69, 9.17) is 0 Å². The Balaban J connectivity index is 2.62. The van der Waals surface area contributed by atoms with Crippen LogP contribution in [0.5, 0.6) is 0 Å². The summed E-state index contributed by atoms with van der Waals surface area (Å²) < 4.78 is 0. The van der Waals surface area contributed by atoms with Gasteiger partial charge in [0.1, 0.15) is 0 Å². The minimum Gasteiger partial charge on any atom is -0.175 e. The molecule has 0 rings (SSSR count). The SMILES string of the molecule is S/C=C/CS. The van der Waals surface area contributed by atoms with Gasteiger partial charge in [0.2, 0.25) is 0 Å². The standard InChI is InChI=1S/C3H6S2/c4-2-1-3-5/h1-2,4-5H,3H2/b2-1+. The molecule has 0 bridgehead atoms. The summed E-state index contributed by atoms with van der Waals surface area (Å²) in [6, 6.07) is 0. The zero-order valence-corrected chi connectivity index (χ0v) is 4.55. The van der Waals surface area contributed by atoms with Crippen LogP contribution >= 0.6 is 25.3 Å². The maximum atomic E-state index is 3.86. The van der Waals surface area contributed by atoms with Gasteiger partial charge in [-0.15, -0.1) is 0 Å². The van der Waals surface area contributed by atoms with Gasteiger partial charge in [0.25, 0.3) is 0 Å². The van der Waals surface area contributed by atoms with Crippen LogP contribution in [0.15, 0.2) is 11.5 Å². The zero-order chi connectivity index (χ0) is 4.12. The summed E-state index contributed by atoms with van der Waals surface area (Å²) in [5, 5.41) is 1.67. The van der Waals surface area contributed by atoms with Crippen molar-refractivity contribution >= 4 is 25.3 Å². The Bertz CT molecular complexity index is 31.9. The van der Waals surface area contributed by atoms with E-state index in [0.717, 1.165) is 5.75 Å². The van der Waals surface area contributed by atoms with Crippen molar-refractivity contribution in [3.8, 4) is 0 Å². The molecule has 0 unspecified atom stereocenters. The van der Waals surface area contributed by atoms with E-state index in [1.807, 2.05) is 6.08 Å². The second-order valence-electron chi connectivity index (χ2n) is 0.567. The first-order chi connectivity index (χ1) is 2.41. The quantitative estimate of drug-likeness (QED) is 0.463. The summed E-state index contributed by atoms with van der Waals surface area (Å²) in [5.41, 5.74) is 0. The Morgan fingerprint density at radius 2 is 2.20 bits per heavy atom. The summed E-state index contributed by atoms with van der Waals surface area (Å²) in [7, 11) is 0. The fourth-order valence-electron chi connectivity index (χ4n) is 0.0471. The highest BCUT2D eigenvalue weighted by Gasteiger charge is 1.53. The maximum absolute atomic E-state index is 3.86. The van der Waals surface area contributed by atoms with Gasteiger partial charge in [-0.25, -0.2) is 0 Å². The van der Waals surface area contributed by atoms with Crippen LogP contribution in [-0.4, -0.2) is 5.75 Å². The fourth-order valence-corrected chi connectivity index (χ4v) is 0.424. The average molecular weight is 106 g/mol. The Morgan fingerprint density at radius 3 is 2.20 bits per heavy atom. The van der Waals surface area contributed by atoms with Gasteiger partial charge >= 0.3 is 0 Å². The molecule has 0 saturated heterocycles. The van der Waals surface area contributed by atoms with E-state index in [2.05, 4.69) is 25.3 Å². The third-order valence-electron chi connectivity index (χ3n) is 0.211. The van der Waals surface area contributed by atoms with Crippen molar-refractivity contribution in [2.45, 2.75) is 0 Å². The van der Waals surface area contributed by atoms with Gasteiger partial charge in [-0.05, 0) is 5.41 Å². The Labute approximate surface area is 43.1 Å². The molecule has 0 aromatic heterocycles. The summed E-state index contributed by atoms with van der Waals surface area (Å²) >= 11 is 7.64. The van der Waals surface area contributed by atoms with E-state index in [1.165, 1.54) is 0 Å². The molecule has 0 radical (unpaired) electrons. The van der Waals surface area contributed by atoms with Gasteiger partial charge in [-0.1, -0.05) is 6.08 Å². The monoisotopic (exact) mass is 106 g/mol. The van der Waals surface area contributed by atoms with Crippen molar-refractivity contribution in [1.82, 2.24) is 0 Å². The highest BCUT2D eigenvalue weighted by atomic mass is 32.1. The van der Waals surface area contributed by atoms with Gasteiger partial charge in [0.15, 0.2) is 0 Å². The predicted molar refractivity (Wildman–Crippen MR) is 32.0 cm³/mol. The number of hydrogen-bond acceptors (Lipinski definition) is 2. The first-order valence-electron chi connectivity index (χ1n) is 1.32. The first kappa shape index (κ1) is 5.44. The van der Waals surface area contributed by atoms with E-state index >= 15 is 0 Å². The van der Waals surface area contributed by atoms with E-state index in [9.17, 15) is 0 Å². The molecule has 2 heteroatoms. The Kier molecular flexibility index (Phi) is 4.83. The van der Waals surface area contributed by atoms with Crippen molar-refractivity contribution in [2.24, 2.45) is 0 Å². The fraction of sp³-hybridized carbons (Fsp3) is 0.333. The minimum absolute atomic E-state index is 0.781. The van der Waals surface area contributed by atoms with Gasteiger partial charge in [-0.2, -0.15) is 25.3 Å². The molecular formula is C3H6S2. The maximum Gasteiger partial charge on any atom is 0.00905 e. The van der Waals surface area contributed by atoms with E-state index < -0.39 is 0 Å². The van der Waals surface area contributed by atoms with Crippen molar-refractivity contribution in [2.75, 3.05) is 5.75 Å². The molecule has 0 aromatic carbocycles. The number of hydrogen-bond donors (Lipinski definition) is 2. The van der Waals surface area contributed by atoms with Crippen LogP contribution in [-0.2, 0) is 0 Å². The van der Waals surface area contributed by atoms with Crippen LogP contribution < -0.4 is 0 Å². The third kappa shape index (κ3) is 4.44. The van der Waals surface area contributed by atoms with Crippen molar-refractivity contribution < 1.29 is 0 Å². The normalized spacial score (nSPS) is 10.0. The van der Waals surface area contributed by atoms with Crippen molar-refractivity contribution in [3.05, 3.63) is 11.5 Å². The Morgan fingerprint density at radius 1 is 1.60 bits per heavy atom. The topological polar surface area (TPSA) is 0 Å². The minimum atomic E-state index is 0.781. The molecule has 0 saturated carbocycles. The van der Waals surface area contributed by atoms with Crippen molar-refractivity contribution in [3.63, 3.8) is 0 Å². The van der Waals surface area contributed by atoms with Gasteiger partial charge < -0.3 is 0 Å². The second-order valence-corrected chi connectivity index (χ2v) is 1.23. The molecule has 0 aliphatic rings. The smallest absolute Gasteiger partial charge is 0.00905 e. The van der Waals surface area contributed by atoms with Gasteiger partial charge in [0, 0.05) is 5.75 Å². The molecule has 0 aliphatic heterocycles. The number of thiol groups is 2. The van der Waals surface area contributed by atoms with Crippen molar-refractivity contribution in [1.29, 1.82) is 0 Å². The predicted octanol–water partition coefficient (Wildman–Crippen LogP) is 1.36. The lowest BCUT2D eigenvalue weighted by molar-refractivity contribution is 1.84. The largest absolute Gasteiger partial charge is 0.175 e. The summed E-state index contributed by atoms with van der Waals surface area (Å²) in [5.74, 6) is 0.781. The Hall–Kier alpha value is 0.440. The molecule has 0 heterocycles. The second kappa shape index (κ2) is 4.44. The van der Waals surface area contributed by atoms with Crippen LogP contribution in [0.4, 0.5) is 0 Å². The molecule has 0 atom stereocenters. The average Bonchev–Trinajstić information content (AvgIpc) is 1.41. The first-order valence-corrected chi connectivity index (χ1v) is 2.46. The van der Waals surface area contributed by atoms with Crippen LogP contribution in [0.2, 0.25) is 0 Å². The van der Waals surface area contributed by atoms with E-state index in [-0.39, 0.29) is 0 Å². The molecule has 5 heavy (non-hydrogen) atoms. The summed E-state index contributed by atoms with van der Waals surface area (Å²) in [6.07, 6.45) is 1.85. The molecule has 30 valence electrons. The molecule has 0 amide bonds. The van der Waals surface area contributed by atoms with E-state index in [0.29, 0.717) is 0 Å². The van der Waals surface area contributed by atoms with Gasteiger partial charge in [0.05, 0.1) is 0 Å². The molecule has 0 aliphatic carbocycles. The highest BCUT2D eigenvalue weighted by molar-refractivity contribution is 7.83. The third-order valence-corrected chi connectivity index (χ3v) is 0.632. The molecule has 0 spiro atoms. The summed E-state index contributed by atoms with van der Waals surface area (Å²) in [6.45, 7) is 0. The van der Waals surface area contributed by atoms with Gasteiger partial charge in [-0.3, -0.25) is 0 Å².